The normalized spacial score (nSPS) is 17.8. The van der Waals surface area contributed by atoms with E-state index in [-0.39, 0.29) is 17.8 Å². The lowest BCUT2D eigenvalue weighted by Gasteiger charge is -2.26. The molecule has 1 heterocycles. The van der Waals surface area contributed by atoms with E-state index in [2.05, 4.69) is 15.4 Å². The molecule has 23 heavy (non-hydrogen) atoms. The molecule has 0 aliphatic heterocycles. The van der Waals surface area contributed by atoms with Crippen molar-refractivity contribution in [2.75, 3.05) is 0 Å². The molecule has 1 saturated carbocycles. The van der Waals surface area contributed by atoms with Gasteiger partial charge in [0.05, 0.1) is 6.04 Å². The van der Waals surface area contributed by atoms with Gasteiger partial charge in [-0.2, -0.15) is 5.10 Å². The minimum absolute atomic E-state index is 0.0865. The molecule has 2 atom stereocenters. The molecule has 0 radical (unpaired) electrons. The molecule has 0 spiro atoms. The lowest BCUT2D eigenvalue weighted by molar-refractivity contribution is -0.125. The van der Waals surface area contributed by atoms with Gasteiger partial charge in [-0.05, 0) is 43.4 Å². The Bertz CT molecular complexity index is 635. The molecule has 6 heteroatoms. The summed E-state index contributed by atoms with van der Waals surface area (Å²) in [6, 6.07) is 5.91. The molecular formula is C17H21FN4O. The molecule has 1 aliphatic carbocycles. The van der Waals surface area contributed by atoms with E-state index in [1.165, 1.54) is 42.3 Å². The smallest absolute Gasteiger partial charge is 0.245 e. The maximum Gasteiger partial charge on any atom is 0.245 e. The standard InChI is InChI=1S/C17H21FN4O/c1-12(22-11-19-10-20-22)17(23)21-16(13-4-2-3-5-13)14-6-8-15(18)9-7-14/h6-13,16H,2-5H2,1H3,(H,21,23)/t12-,16+/m0/s1. The van der Waals surface area contributed by atoms with Crippen LogP contribution in [0, 0.1) is 11.7 Å². The zero-order valence-corrected chi connectivity index (χ0v) is 13.2. The number of nitrogens with zero attached hydrogens (tertiary/aromatic N) is 3. The van der Waals surface area contributed by atoms with Crippen molar-refractivity contribution in [1.82, 2.24) is 20.1 Å². The number of halogens is 1. The first kappa shape index (κ1) is 15.6. The van der Waals surface area contributed by atoms with Gasteiger partial charge in [-0.1, -0.05) is 25.0 Å². The molecule has 0 bridgehead atoms. The maximum atomic E-state index is 13.2. The van der Waals surface area contributed by atoms with Crippen molar-refractivity contribution in [2.45, 2.75) is 44.7 Å². The Kier molecular flexibility index (Phi) is 4.69. The van der Waals surface area contributed by atoms with Crippen molar-refractivity contribution in [3.8, 4) is 0 Å². The number of hydrogen-bond acceptors (Lipinski definition) is 3. The van der Waals surface area contributed by atoms with Crippen molar-refractivity contribution < 1.29 is 9.18 Å². The van der Waals surface area contributed by atoms with Crippen molar-refractivity contribution in [3.63, 3.8) is 0 Å². The number of hydrogen-bond donors (Lipinski definition) is 1. The second-order valence-electron chi connectivity index (χ2n) is 6.13. The molecule has 1 aromatic heterocycles. The van der Waals surface area contributed by atoms with Gasteiger partial charge in [0.25, 0.3) is 0 Å². The van der Waals surface area contributed by atoms with Crippen LogP contribution in [0.1, 0.15) is 50.3 Å². The number of carbonyl (C=O) groups excluding carboxylic acids is 1. The Balaban J connectivity index is 1.78. The Morgan fingerprint density at radius 3 is 2.61 bits per heavy atom. The van der Waals surface area contributed by atoms with Crippen LogP contribution in [-0.4, -0.2) is 20.7 Å². The van der Waals surface area contributed by atoms with Gasteiger partial charge in [0.1, 0.15) is 24.5 Å². The fourth-order valence-corrected chi connectivity index (χ4v) is 3.25. The van der Waals surface area contributed by atoms with Crippen LogP contribution in [-0.2, 0) is 4.79 Å². The predicted molar refractivity (Wildman–Crippen MR) is 84.0 cm³/mol. The quantitative estimate of drug-likeness (QED) is 0.922. The predicted octanol–water partition coefficient (Wildman–Crippen LogP) is 3.03. The number of nitrogens with one attached hydrogen (secondary N) is 1. The highest BCUT2D eigenvalue weighted by atomic mass is 19.1. The van der Waals surface area contributed by atoms with Gasteiger partial charge in [0, 0.05) is 0 Å². The third kappa shape index (κ3) is 3.57. The van der Waals surface area contributed by atoms with Gasteiger partial charge < -0.3 is 5.32 Å². The van der Waals surface area contributed by atoms with Crippen LogP contribution in [0.2, 0.25) is 0 Å². The average molecular weight is 316 g/mol. The topological polar surface area (TPSA) is 59.8 Å². The first-order valence-electron chi connectivity index (χ1n) is 8.05. The van der Waals surface area contributed by atoms with Crippen LogP contribution in [0.3, 0.4) is 0 Å². The average Bonchev–Trinajstić information content (AvgIpc) is 3.26. The van der Waals surface area contributed by atoms with Gasteiger partial charge in [0.15, 0.2) is 0 Å². The fraction of sp³-hybridized carbons (Fsp3) is 0.471. The summed E-state index contributed by atoms with van der Waals surface area (Å²) in [6.45, 7) is 1.79. The van der Waals surface area contributed by atoms with E-state index in [0.29, 0.717) is 5.92 Å². The Hall–Kier alpha value is -2.24. The summed E-state index contributed by atoms with van der Waals surface area (Å²) in [5.41, 5.74) is 0.956. The van der Waals surface area contributed by atoms with Crippen molar-refractivity contribution in [1.29, 1.82) is 0 Å². The van der Waals surface area contributed by atoms with E-state index < -0.39 is 6.04 Å². The molecule has 3 rings (SSSR count). The summed E-state index contributed by atoms with van der Waals surface area (Å²) >= 11 is 0. The number of rotatable bonds is 5. The third-order valence-corrected chi connectivity index (χ3v) is 4.61. The molecule has 2 aromatic rings. The molecule has 1 aromatic carbocycles. The van der Waals surface area contributed by atoms with Gasteiger partial charge in [-0.15, -0.1) is 0 Å². The summed E-state index contributed by atoms with van der Waals surface area (Å²) in [7, 11) is 0. The van der Waals surface area contributed by atoms with Gasteiger partial charge >= 0.3 is 0 Å². The molecule has 1 aliphatic rings. The number of benzene rings is 1. The maximum absolute atomic E-state index is 13.2. The van der Waals surface area contributed by atoms with Crippen molar-refractivity contribution in [2.24, 2.45) is 5.92 Å². The highest BCUT2D eigenvalue weighted by Gasteiger charge is 2.29. The molecule has 0 unspecified atom stereocenters. The Labute approximate surface area is 134 Å². The number of aromatic nitrogens is 3. The highest BCUT2D eigenvalue weighted by Crippen LogP contribution is 2.36. The summed E-state index contributed by atoms with van der Waals surface area (Å²) < 4.78 is 14.7. The zero-order chi connectivity index (χ0) is 16.2. The van der Waals surface area contributed by atoms with Gasteiger partial charge in [-0.25, -0.2) is 14.1 Å². The molecule has 1 N–H and O–H groups in total. The first-order chi connectivity index (χ1) is 11.1. The molecule has 1 amide bonds. The molecule has 1 fully saturated rings. The monoisotopic (exact) mass is 316 g/mol. The second kappa shape index (κ2) is 6.89. The molecule has 5 nitrogen and oxygen atoms in total. The SMILES string of the molecule is C[C@@H](C(=O)N[C@@H](c1ccc(F)cc1)C1CCCC1)n1cncn1. The van der Waals surface area contributed by atoms with Crippen LogP contribution in [0.25, 0.3) is 0 Å². The van der Waals surface area contributed by atoms with Crippen LogP contribution in [0.5, 0.6) is 0 Å². The first-order valence-corrected chi connectivity index (χ1v) is 8.05. The number of carbonyl (C=O) groups is 1. The van der Waals surface area contributed by atoms with E-state index in [9.17, 15) is 9.18 Å². The molecular weight excluding hydrogens is 295 g/mol. The van der Waals surface area contributed by atoms with Crippen LogP contribution in [0.4, 0.5) is 4.39 Å². The minimum atomic E-state index is -0.429. The van der Waals surface area contributed by atoms with Crippen molar-refractivity contribution in [3.05, 3.63) is 48.3 Å². The van der Waals surface area contributed by atoms with Crippen molar-refractivity contribution >= 4 is 5.91 Å². The summed E-state index contributed by atoms with van der Waals surface area (Å²) in [6.07, 6.45) is 7.47. The summed E-state index contributed by atoms with van der Waals surface area (Å²) in [5.74, 6) is 0.0327. The number of amides is 1. The Morgan fingerprint density at radius 2 is 2.00 bits per heavy atom. The third-order valence-electron chi connectivity index (χ3n) is 4.61. The lowest BCUT2D eigenvalue weighted by Crippen LogP contribution is -2.37. The summed E-state index contributed by atoms with van der Waals surface area (Å²) in [4.78, 5) is 16.5. The molecule has 122 valence electrons. The molecule has 0 saturated heterocycles. The highest BCUT2D eigenvalue weighted by molar-refractivity contribution is 5.80. The van der Waals surface area contributed by atoms with Gasteiger partial charge in [-0.3, -0.25) is 4.79 Å². The van der Waals surface area contributed by atoms with Crippen LogP contribution >= 0.6 is 0 Å². The van der Waals surface area contributed by atoms with Crippen LogP contribution < -0.4 is 5.32 Å². The largest absolute Gasteiger partial charge is 0.347 e. The lowest BCUT2D eigenvalue weighted by atomic mass is 9.91. The second-order valence-corrected chi connectivity index (χ2v) is 6.13. The minimum Gasteiger partial charge on any atom is -0.347 e. The van der Waals surface area contributed by atoms with E-state index in [0.717, 1.165) is 18.4 Å². The van der Waals surface area contributed by atoms with E-state index in [1.807, 2.05) is 0 Å². The zero-order valence-electron chi connectivity index (χ0n) is 13.2. The fourth-order valence-electron chi connectivity index (χ4n) is 3.25. The van der Waals surface area contributed by atoms with Gasteiger partial charge in [0.2, 0.25) is 5.91 Å². The van der Waals surface area contributed by atoms with E-state index >= 15 is 0 Å². The Morgan fingerprint density at radius 1 is 1.30 bits per heavy atom. The summed E-state index contributed by atoms with van der Waals surface area (Å²) in [5, 5.41) is 7.15. The van der Waals surface area contributed by atoms with E-state index in [4.69, 9.17) is 0 Å². The van der Waals surface area contributed by atoms with E-state index in [1.54, 1.807) is 19.1 Å². The van der Waals surface area contributed by atoms with Crippen LogP contribution in [0.15, 0.2) is 36.9 Å².